The molecule has 0 heterocycles. The molecule has 0 unspecified atom stereocenters. The van der Waals surface area contributed by atoms with Gasteiger partial charge in [0.2, 0.25) is 11.5 Å². The molecule has 0 fully saturated rings. The topological polar surface area (TPSA) is 91.5 Å². The minimum absolute atomic E-state index is 0.296. The standard InChI is InChI=1S/C17H13N3O3/c18-11-15(17(22)19-14-9-5-2-6-10-14)20-23-12-16(21)13-7-3-1-4-8-13/h1-10H,12H2,(H,19,22)/b20-15-. The van der Waals surface area contributed by atoms with Crippen molar-refractivity contribution < 1.29 is 14.4 Å². The van der Waals surface area contributed by atoms with E-state index < -0.39 is 11.6 Å². The predicted molar refractivity (Wildman–Crippen MR) is 84.8 cm³/mol. The van der Waals surface area contributed by atoms with Gasteiger partial charge in [-0.05, 0) is 12.1 Å². The van der Waals surface area contributed by atoms with E-state index in [0.29, 0.717) is 11.3 Å². The van der Waals surface area contributed by atoms with Gasteiger partial charge < -0.3 is 10.2 Å². The first-order valence-corrected chi connectivity index (χ1v) is 6.75. The number of carbonyl (C=O) groups excluding carboxylic acids is 2. The summed E-state index contributed by atoms with van der Waals surface area (Å²) in [4.78, 5) is 28.5. The van der Waals surface area contributed by atoms with Crippen LogP contribution in [0.5, 0.6) is 0 Å². The van der Waals surface area contributed by atoms with Crippen molar-refractivity contribution in [1.82, 2.24) is 0 Å². The molecule has 0 aliphatic carbocycles. The van der Waals surface area contributed by atoms with Crippen LogP contribution in [0.1, 0.15) is 10.4 Å². The van der Waals surface area contributed by atoms with Gasteiger partial charge in [-0.3, -0.25) is 9.59 Å². The van der Waals surface area contributed by atoms with E-state index in [4.69, 9.17) is 10.1 Å². The molecule has 0 aliphatic heterocycles. The van der Waals surface area contributed by atoms with Gasteiger partial charge in [-0.25, -0.2) is 0 Å². The number of nitriles is 1. The second-order valence-corrected chi connectivity index (χ2v) is 4.43. The number of hydrogen-bond donors (Lipinski definition) is 1. The SMILES string of the molecule is N#C/C(=N/OCC(=O)c1ccccc1)C(=O)Nc1ccccc1. The molecule has 0 saturated carbocycles. The molecule has 1 amide bonds. The van der Waals surface area contributed by atoms with Gasteiger partial charge in [0.25, 0.3) is 5.91 Å². The Balaban J connectivity index is 1.93. The predicted octanol–water partition coefficient (Wildman–Crippen LogP) is 2.40. The van der Waals surface area contributed by atoms with Gasteiger partial charge in [-0.1, -0.05) is 53.7 Å². The van der Waals surface area contributed by atoms with Crippen molar-refractivity contribution in [3.63, 3.8) is 0 Å². The summed E-state index contributed by atoms with van der Waals surface area (Å²) in [6.45, 7) is -0.353. The van der Waals surface area contributed by atoms with Gasteiger partial charge in [-0.2, -0.15) is 5.26 Å². The molecule has 6 heteroatoms. The minimum atomic E-state index is -0.703. The Morgan fingerprint density at radius 3 is 2.26 bits per heavy atom. The smallest absolute Gasteiger partial charge is 0.288 e. The van der Waals surface area contributed by atoms with Crippen LogP contribution < -0.4 is 5.32 Å². The maximum Gasteiger partial charge on any atom is 0.288 e. The number of amides is 1. The highest BCUT2D eigenvalue weighted by Crippen LogP contribution is 2.05. The van der Waals surface area contributed by atoms with Crippen LogP contribution in [-0.2, 0) is 9.63 Å². The van der Waals surface area contributed by atoms with Crippen molar-refractivity contribution >= 4 is 23.1 Å². The molecular formula is C17H13N3O3. The Hall–Kier alpha value is -3.46. The average Bonchev–Trinajstić information content (AvgIpc) is 2.60. The number of carbonyl (C=O) groups is 2. The maximum atomic E-state index is 11.9. The lowest BCUT2D eigenvalue weighted by Gasteiger charge is -2.03. The van der Waals surface area contributed by atoms with E-state index in [9.17, 15) is 9.59 Å². The Labute approximate surface area is 133 Å². The maximum absolute atomic E-state index is 11.9. The molecule has 6 nitrogen and oxygen atoms in total. The van der Waals surface area contributed by atoms with Gasteiger partial charge in [0.15, 0.2) is 6.61 Å². The zero-order valence-electron chi connectivity index (χ0n) is 12.1. The van der Waals surface area contributed by atoms with Crippen LogP contribution in [0.3, 0.4) is 0 Å². The first kappa shape index (κ1) is 15.9. The van der Waals surface area contributed by atoms with E-state index in [0.717, 1.165) is 0 Å². The van der Waals surface area contributed by atoms with Crippen molar-refractivity contribution in [2.24, 2.45) is 5.16 Å². The number of oxime groups is 1. The molecule has 2 aromatic carbocycles. The number of hydrogen-bond acceptors (Lipinski definition) is 5. The summed E-state index contributed by atoms with van der Waals surface area (Å²) >= 11 is 0. The molecule has 0 saturated heterocycles. The van der Waals surface area contributed by atoms with E-state index in [1.54, 1.807) is 66.7 Å². The van der Waals surface area contributed by atoms with Crippen molar-refractivity contribution in [1.29, 1.82) is 5.26 Å². The fourth-order valence-corrected chi connectivity index (χ4v) is 1.69. The van der Waals surface area contributed by atoms with E-state index >= 15 is 0 Å². The van der Waals surface area contributed by atoms with Gasteiger partial charge in [0, 0.05) is 11.3 Å². The normalized spacial score (nSPS) is 10.5. The number of Topliss-reactive ketones (excluding diaryl/α,β-unsaturated/α-hetero) is 1. The summed E-state index contributed by atoms with van der Waals surface area (Å²) < 4.78 is 0. The van der Waals surface area contributed by atoms with E-state index in [2.05, 4.69) is 10.5 Å². The highest BCUT2D eigenvalue weighted by atomic mass is 16.6. The number of rotatable bonds is 6. The zero-order chi connectivity index (χ0) is 16.5. The molecule has 2 rings (SSSR count). The molecule has 0 bridgehead atoms. The van der Waals surface area contributed by atoms with Gasteiger partial charge >= 0.3 is 0 Å². The number of ketones is 1. The first-order valence-electron chi connectivity index (χ1n) is 6.75. The second kappa shape index (κ2) is 8.10. The molecule has 0 spiro atoms. The van der Waals surface area contributed by atoms with Crippen LogP contribution >= 0.6 is 0 Å². The summed E-state index contributed by atoms with van der Waals surface area (Å²) in [5.74, 6) is -0.999. The Bertz CT molecular complexity index is 750. The van der Waals surface area contributed by atoms with Crippen LogP contribution in [0.2, 0.25) is 0 Å². The molecule has 0 atom stereocenters. The zero-order valence-corrected chi connectivity index (χ0v) is 12.1. The van der Waals surface area contributed by atoms with E-state index in [1.165, 1.54) is 0 Å². The molecular weight excluding hydrogens is 294 g/mol. The van der Waals surface area contributed by atoms with Crippen molar-refractivity contribution in [2.45, 2.75) is 0 Å². The lowest BCUT2D eigenvalue weighted by molar-refractivity contribution is -0.110. The van der Waals surface area contributed by atoms with Crippen LogP contribution in [0.25, 0.3) is 0 Å². The number of anilines is 1. The van der Waals surface area contributed by atoms with Crippen LogP contribution in [0.4, 0.5) is 5.69 Å². The molecule has 23 heavy (non-hydrogen) atoms. The van der Waals surface area contributed by atoms with Crippen molar-refractivity contribution in [3.05, 3.63) is 66.2 Å². The van der Waals surface area contributed by atoms with E-state index in [1.807, 2.05) is 0 Å². The summed E-state index contributed by atoms with van der Waals surface area (Å²) in [7, 11) is 0. The molecule has 114 valence electrons. The summed E-state index contributed by atoms with van der Waals surface area (Å²) in [6.07, 6.45) is 0. The monoisotopic (exact) mass is 307 g/mol. The Kier molecular flexibility index (Phi) is 5.61. The van der Waals surface area contributed by atoms with Gasteiger partial charge in [0.1, 0.15) is 6.07 Å². The highest BCUT2D eigenvalue weighted by molar-refractivity contribution is 6.48. The van der Waals surface area contributed by atoms with Gasteiger partial charge in [-0.15, -0.1) is 0 Å². The largest absolute Gasteiger partial charge is 0.386 e. The molecule has 0 aliphatic rings. The third-order valence-electron chi connectivity index (χ3n) is 2.80. The van der Waals surface area contributed by atoms with Crippen LogP contribution in [0.15, 0.2) is 65.8 Å². The number of benzene rings is 2. The lowest BCUT2D eigenvalue weighted by Crippen LogP contribution is -2.22. The lowest BCUT2D eigenvalue weighted by atomic mass is 10.1. The van der Waals surface area contributed by atoms with E-state index in [-0.39, 0.29) is 12.4 Å². The fraction of sp³-hybridized carbons (Fsp3) is 0.0588. The average molecular weight is 307 g/mol. The highest BCUT2D eigenvalue weighted by Gasteiger charge is 2.13. The second-order valence-electron chi connectivity index (χ2n) is 4.43. The summed E-state index contributed by atoms with van der Waals surface area (Å²) in [5, 5.41) is 14.9. The number of nitrogens with zero attached hydrogens (tertiary/aromatic N) is 2. The fourth-order valence-electron chi connectivity index (χ4n) is 1.69. The molecule has 1 N–H and O–H groups in total. The molecule has 0 radical (unpaired) electrons. The van der Waals surface area contributed by atoms with Crippen molar-refractivity contribution in [3.8, 4) is 6.07 Å². The third-order valence-corrected chi connectivity index (χ3v) is 2.80. The quantitative estimate of drug-likeness (QED) is 0.504. The van der Waals surface area contributed by atoms with Crippen molar-refractivity contribution in [2.75, 3.05) is 11.9 Å². The van der Waals surface area contributed by atoms with Crippen LogP contribution in [0, 0.1) is 11.3 Å². The van der Waals surface area contributed by atoms with Crippen LogP contribution in [-0.4, -0.2) is 24.0 Å². The van der Waals surface area contributed by atoms with Gasteiger partial charge in [0.05, 0.1) is 0 Å². The summed E-state index contributed by atoms with van der Waals surface area (Å²) in [5.41, 5.74) is 0.533. The molecule has 0 aromatic heterocycles. The Morgan fingerprint density at radius 1 is 1.04 bits per heavy atom. The number of nitrogens with one attached hydrogen (secondary N) is 1. The minimum Gasteiger partial charge on any atom is -0.386 e. The molecule has 2 aromatic rings. The first-order chi connectivity index (χ1) is 11.2. The Morgan fingerprint density at radius 2 is 1.65 bits per heavy atom. The third kappa shape index (κ3) is 4.79. The number of para-hydroxylation sites is 1. The summed E-state index contributed by atoms with van der Waals surface area (Å²) in [6, 6.07) is 18.8.